The molecule has 0 bridgehead atoms. The predicted octanol–water partition coefficient (Wildman–Crippen LogP) is 4.01. The van der Waals surface area contributed by atoms with Gasteiger partial charge in [-0.15, -0.1) is 0 Å². The maximum Gasteiger partial charge on any atom is 0.230 e. The third-order valence-corrected chi connectivity index (χ3v) is 7.91. The van der Waals surface area contributed by atoms with Gasteiger partial charge in [0, 0.05) is 38.6 Å². The first-order chi connectivity index (χ1) is 14.6. The molecule has 1 atom stereocenters. The number of halogens is 1. The van der Waals surface area contributed by atoms with Crippen molar-refractivity contribution in [3.8, 4) is 0 Å². The van der Waals surface area contributed by atoms with Gasteiger partial charge in [-0.25, -0.2) is 4.98 Å². The second-order valence-electron chi connectivity index (χ2n) is 9.49. The average Bonchev–Trinajstić information content (AvgIpc) is 3.32. The fourth-order valence-electron chi connectivity index (χ4n) is 6.00. The largest absolute Gasteiger partial charge is 0.354 e. The standard InChI is InChI=1S/C23H31ClN4O2/c24-19-14-18(27-12-4-8-20(27)29)15-25-21(19)26-11-5-9-23(16-26)10-13-28(22(23)30)17-6-2-1-3-7-17/h14-15,17H,1-13,16H2/t23-/m0/s1. The lowest BCUT2D eigenvalue weighted by Gasteiger charge is -2.41. The van der Waals surface area contributed by atoms with E-state index >= 15 is 0 Å². The molecule has 4 fully saturated rings. The van der Waals surface area contributed by atoms with E-state index in [-0.39, 0.29) is 11.3 Å². The van der Waals surface area contributed by atoms with Gasteiger partial charge in [-0.2, -0.15) is 0 Å². The van der Waals surface area contributed by atoms with Crippen molar-refractivity contribution in [1.82, 2.24) is 9.88 Å². The van der Waals surface area contributed by atoms with E-state index in [9.17, 15) is 9.59 Å². The van der Waals surface area contributed by atoms with E-state index in [2.05, 4.69) is 14.8 Å². The number of aromatic nitrogens is 1. The molecule has 1 aromatic heterocycles. The number of anilines is 2. The molecule has 5 rings (SSSR count). The lowest BCUT2D eigenvalue weighted by Crippen LogP contribution is -2.50. The molecule has 0 unspecified atom stereocenters. The zero-order valence-electron chi connectivity index (χ0n) is 17.6. The fourth-order valence-corrected chi connectivity index (χ4v) is 6.28. The molecule has 4 aliphatic rings. The minimum Gasteiger partial charge on any atom is -0.354 e. The molecule has 3 saturated heterocycles. The lowest BCUT2D eigenvalue weighted by atomic mass is 9.78. The number of rotatable bonds is 3. The first kappa shape index (κ1) is 20.1. The molecule has 2 amide bonds. The van der Waals surface area contributed by atoms with Gasteiger partial charge in [0.2, 0.25) is 11.8 Å². The second kappa shape index (κ2) is 8.03. The molecule has 0 aromatic carbocycles. The van der Waals surface area contributed by atoms with Crippen LogP contribution in [0.5, 0.6) is 0 Å². The maximum absolute atomic E-state index is 13.5. The van der Waals surface area contributed by atoms with E-state index in [1.807, 2.05) is 6.07 Å². The van der Waals surface area contributed by atoms with Crippen LogP contribution in [0.4, 0.5) is 11.5 Å². The number of piperidine rings is 1. The summed E-state index contributed by atoms with van der Waals surface area (Å²) in [4.78, 5) is 36.4. The molecule has 1 saturated carbocycles. The highest BCUT2D eigenvalue weighted by Crippen LogP contribution is 2.44. The highest BCUT2D eigenvalue weighted by atomic mass is 35.5. The molecule has 30 heavy (non-hydrogen) atoms. The molecule has 162 valence electrons. The van der Waals surface area contributed by atoms with E-state index in [4.69, 9.17) is 11.6 Å². The Bertz CT molecular complexity index is 840. The van der Waals surface area contributed by atoms with Crippen LogP contribution < -0.4 is 9.80 Å². The number of nitrogens with zero attached hydrogens (tertiary/aromatic N) is 4. The zero-order valence-corrected chi connectivity index (χ0v) is 18.4. The van der Waals surface area contributed by atoms with Crippen LogP contribution in [0.3, 0.4) is 0 Å². The van der Waals surface area contributed by atoms with Gasteiger partial charge < -0.3 is 14.7 Å². The minimum absolute atomic E-state index is 0.136. The first-order valence-corrected chi connectivity index (χ1v) is 12.0. The van der Waals surface area contributed by atoms with E-state index < -0.39 is 0 Å². The molecule has 4 heterocycles. The van der Waals surface area contributed by atoms with Gasteiger partial charge in [0.05, 0.1) is 22.3 Å². The van der Waals surface area contributed by atoms with Crippen molar-refractivity contribution in [2.24, 2.45) is 5.41 Å². The van der Waals surface area contributed by atoms with Crippen molar-refractivity contribution in [2.45, 2.75) is 70.3 Å². The average molecular weight is 431 g/mol. The summed E-state index contributed by atoms with van der Waals surface area (Å²) in [5, 5.41) is 0.568. The number of pyridine rings is 1. The second-order valence-corrected chi connectivity index (χ2v) is 9.90. The first-order valence-electron chi connectivity index (χ1n) is 11.6. The quantitative estimate of drug-likeness (QED) is 0.726. The number of hydrogen-bond donors (Lipinski definition) is 0. The molecular weight excluding hydrogens is 400 g/mol. The van der Waals surface area contributed by atoms with Crippen LogP contribution in [0.15, 0.2) is 12.3 Å². The SMILES string of the molecule is O=C1CCCN1c1cnc(N2CCC[C@]3(CCN(C4CCCCC4)C3=O)C2)c(Cl)c1. The Labute approximate surface area is 183 Å². The number of amides is 2. The van der Waals surface area contributed by atoms with Crippen LogP contribution in [-0.2, 0) is 9.59 Å². The minimum atomic E-state index is -0.287. The van der Waals surface area contributed by atoms with Crippen LogP contribution in [0.2, 0.25) is 5.02 Å². The van der Waals surface area contributed by atoms with Crippen LogP contribution >= 0.6 is 11.6 Å². The summed E-state index contributed by atoms with van der Waals surface area (Å²) in [6.07, 6.45) is 12.2. The molecule has 1 spiro atoms. The highest BCUT2D eigenvalue weighted by molar-refractivity contribution is 6.33. The summed E-state index contributed by atoms with van der Waals surface area (Å²) in [6, 6.07) is 2.30. The topological polar surface area (TPSA) is 56.8 Å². The summed E-state index contributed by atoms with van der Waals surface area (Å²) < 4.78 is 0. The predicted molar refractivity (Wildman–Crippen MR) is 118 cm³/mol. The monoisotopic (exact) mass is 430 g/mol. The van der Waals surface area contributed by atoms with Gasteiger partial charge in [0.25, 0.3) is 0 Å². The van der Waals surface area contributed by atoms with Crippen molar-refractivity contribution in [2.75, 3.05) is 36.0 Å². The molecular formula is C23H31ClN4O2. The Morgan fingerprint density at radius 2 is 1.83 bits per heavy atom. The zero-order chi connectivity index (χ0) is 20.7. The smallest absolute Gasteiger partial charge is 0.230 e. The van der Waals surface area contributed by atoms with Crippen molar-refractivity contribution in [1.29, 1.82) is 0 Å². The number of carbonyl (C=O) groups excluding carboxylic acids is 2. The van der Waals surface area contributed by atoms with Gasteiger partial charge >= 0.3 is 0 Å². The van der Waals surface area contributed by atoms with Crippen molar-refractivity contribution >= 4 is 34.9 Å². The summed E-state index contributed by atoms with van der Waals surface area (Å²) in [7, 11) is 0. The van der Waals surface area contributed by atoms with E-state index in [0.717, 1.165) is 69.7 Å². The van der Waals surface area contributed by atoms with Crippen molar-refractivity contribution < 1.29 is 9.59 Å². The lowest BCUT2D eigenvalue weighted by molar-refractivity contribution is -0.139. The van der Waals surface area contributed by atoms with Crippen molar-refractivity contribution in [3.05, 3.63) is 17.3 Å². The van der Waals surface area contributed by atoms with Gasteiger partial charge in [-0.05, 0) is 44.6 Å². The molecule has 1 aromatic rings. The molecule has 0 radical (unpaired) electrons. The highest BCUT2D eigenvalue weighted by Gasteiger charge is 2.50. The van der Waals surface area contributed by atoms with Gasteiger partial charge in [0.15, 0.2) is 0 Å². The molecule has 3 aliphatic heterocycles. The molecule has 0 N–H and O–H groups in total. The molecule has 7 heteroatoms. The Morgan fingerprint density at radius 3 is 2.57 bits per heavy atom. The summed E-state index contributed by atoms with van der Waals surface area (Å²) in [6.45, 7) is 3.19. The van der Waals surface area contributed by atoms with E-state index in [0.29, 0.717) is 29.9 Å². The van der Waals surface area contributed by atoms with E-state index in [1.54, 1.807) is 11.1 Å². The van der Waals surface area contributed by atoms with Crippen LogP contribution in [0, 0.1) is 5.41 Å². The third kappa shape index (κ3) is 3.47. The molecule has 1 aliphatic carbocycles. The van der Waals surface area contributed by atoms with Crippen LogP contribution in [0.1, 0.15) is 64.2 Å². The summed E-state index contributed by atoms with van der Waals surface area (Å²) >= 11 is 6.63. The third-order valence-electron chi connectivity index (χ3n) is 7.63. The van der Waals surface area contributed by atoms with Gasteiger partial charge in [-0.1, -0.05) is 30.9 Å². The number of carbonyl (C=O) groups is 2. The van der Waals surface area contributed by atoms with Crippen LogP contribution in [-0.4, -0.2) is 53.9 Å². The summed E-state index contributed by atoms with van der Waals surface area (Å²) in [5.74, 6) is 1.24. The normalized spacial score (nSPS) is 28.2. The van der Waals surface area contributed by atoms with Gasteiger partial charge in [0.1, 0.15) is 5.82 Å². The Hall–Kier alpha value is -1.82. The van der Waals surface area contributed by atoms with E-state index in [1.165, 1.54) is 19.3 Å². The maximum atomic E-state index is 13.5. The number of likely N-dealkylation sites (tertiary alicyclic amines) is 1. The van der Waals surface area contributed by atoms with Crippen molar-refractivity contribution in [3.63, 3.8) is 0 Å². The Kier molecular flexibility index (Phi) is 5.38. The fraction of sp³-hybridized carbons (Fsp3) is 0.696. The Morgan fingerprint density at radius 1 is 1.00 bits per heavy atom. The summed E-state index contributed by atoms with van der Waals surface area (Å²) in [5.41, 5.74) is 0.489. The molecule has 6 nitrogen and oxygen atoms in total. The number of hydrogen-bond acceptors (Lipinski definition) is 4. The van der Waals surface area contributed by atoms with Gasteiger partial charge in [-0.3, -0.25) is 9.59 Å². The van der Waals surface area contributed by atoms with Crippen LogP contribution in [0.25, 0.3) is 0 Å². The Balaban J connectivity index is 1.33.